The molecule has 0 heterocycles. The summed E-state index contributed by atoms with van der Waals surface area (Å²) in [5.41, 5.74) is 0.313. The molecule has 0 fully saturated rings. The first-order valence-corrected chi connectivity index (χ1v) is 6.48. The molecular weight excluding hydrogens is 287 g/mol. The first kappa shape index (κ1) is 14.3. The summed E-state index contributed by atoms with van der Waals surface area (Å²) in [5.74, 6) is -0.512. The van der Waals surface area contributed by atoms with Gasteiger partial charge in [0.25, 0.3) is 0 Å². The summed E-state index contributed by atoms with van der Waals surface area (Å²) in [6.45, 7) is 4.15. The molecular formula is C13H16BrFO2. The number of rotatable bonds is 6. The topological polar surface area (TPSA) is 26.3 Å². The van der Waals surface area contributed by atoms with Gasteiger partial charge in [-0.05, 0) is 18.6 Å². The minimum atomic E-state index is -0.784. The molecule has 0 amide bonds. The van der Waals surface area contributed by atoms with Gasteiger partial charge in [0.2, 0.25) is 0 Å². The zero-order valence-corrected chi connectivity index (χ0v) is 11.6. The monoisotopic (exact) mass is 302 g/mol. The van der Waals surface area contributed by atoms with Crippen LogP contribution in [0.3, 0.4) is 0 Å². The third kappa shape index (κ3) is 3.89. The van der Waals surface area contributed by atoms with Gasteiger partial charge in [-0.1, -0.05) is 35.8 Å². The average molecular weight is 303 g/mol. The molecule has 0 saturated carbocycles. The van der Waals surface area contributed by atoms with Crippen LogP contribution in [0.4, 0.5) is 4.39 Å². The van der Waals surface area contributed by atoms with Crippen molar-refractivity contribution in [3.05, 3.63) is 34.1 Å². The lowest BCUT2D eigenvalue weighted by Crippen LogP contribution is -2.17. The van der Waals surface area contributed by atoms with Crippen molar-refractivity contribution in [1.82, 2.24) is 0 Å². The van der Waals surface area contributed by atoms with Gasteiger partial charge in [0.1, 0.15) is 11.9 Å². The molecule has 0 bridgehead atoms. The number of hydrogen-bond acceptors (Lipinski definition) is 2. The summed E-state index contributed by atoms with van der Waals surface area (Å²) in [4.78, 5) is 11.8. The second-order valence-corrected chi connectivity index (χ2v) is 4.65. The molecule has 0 aromatic heterocycles. The highest BCUT2D eigenvalue weighted by atomic mass is 79.9. The summed E-state index contributed by atoms with van der Waals surface area (Å²) in [6.07, 6.45) is 0.350. The summed E-state index contributed by atoms with van der Waals surface area (Å²) in [6, 6.07) is 4.65. The maximum atomic E-state index is 13.8. The molecule has 0 aliphatic carbocycles. The highest BCUT2D eigenvalue weighted by molar-refractivity contribution is 9.10. The summed E-state index contributed by atoms with van der Waals surface area (Å²) >= 11 is 3.19. The summed E-state index contributed by atoms with van der Waals surface area (Å²) in [7, 11) is 0. The predicted octanol–water partition coefficient (Wildman–Crippen LogP) is 4.04. The fourth-order valence-electron chi connectivity index (χ4n) is 1.49. The van der Waals surface area contributed by atoms with Crippen molar-refractivity contribution in [3.63, 3.8) is 0 Å². The van der Waals surface area contributed by atoms with Gasteiger partial charge in [0, 0.05) is 23.1 Å². The van der Waals surface area contributed by atoms with Gasteiger partial charge in [-0.2, -0.15) is 0 Å². The smallest absolute Gasteiger partial charge is 0.165 e. The van der Waals surface area contributed by atoms with Crippen molar-refractivity contribution in [2.24, 2.45) is 0 Å². The lowest BCUT2D eigenvalue weighted by atomic mass is 10.0. The quantitative estimate of drug-likeness (QED) is 0.793. The van der Waals surface area contributed by atoms with Crippen LogP contribution >= 0.6 is 15.9 Å². The fraction of sp³-hybridized carbons (Fsp3) is 0.462. The molecule has 94 valence electrons. The highest BCUT2D eigenvalue weighted by Gasteiger charge is 2.22. The number of ether oxygens (including phenoxy) is 1. The van der Waals surface area contributed by atoms with Crippen molar-refractivity contribution in [1.29, 1.82) is 0 Å². The van der Waals surface area contributed by atoms with E-state index in [2.05, 4.69) is 15.9 Å². The van der Waals surface area contributed by atoms with Gasteiger partial charge in [-0.25, -0.2) is 4.39 Å². The maximum Gasteiger partial charge on any atom is 0.165 e. The van der Waals surface area contributed by atoms with Crippen LogP contribution in [0, 0.1) is 5.82 Å². The van der Waals surface area contributed by atoms with E-state index in [1.54, 1.807) is 19.1 Å². The van der Waals surface area contributed by atoms with Gasteiger partial charge >= 0.3 is 0 Å². The number of carbonyl (C=O) groups excluding carboxylic acids is 1. The van der Waals surface area contributed by atoms with Gasteiger partial charge < -0.3 is 4.74 Å². The van der Waals surface area contributed by atoms with Crippen molar-refractivity contribution >= 4 is 21.7 Å². The van der Waals surface area contributed by atoms with E-state index in [-0.39, 0.29) is 5.78 Å². The van der Waals surface area contributed by atoms with Crippen LogP contribution in [0.1, 0.15) is 38.4 Å². The molecule has 1 atom stereocenters. The molecule has 1 unspecified atom stereocenters. The van der Waals surface area contributed by atoms with E-state index in [4.69, 9.17) is 4.74 Å². The largest absolute Gasteiger partial charge is 0.366 e. The van der Waals surface area contributed by atoms with Gasteiger partial charge in [0.15, 0.2) is 5.78 Å². The predicted molar refractivity (Wildman–Crippen MR) is 68.4 cm³/mol. The number of Topliss-reactive ketones (excluding diaryl/α,β-unsaturated/α-hetero) is 1. The van der Waals surface area contributed by atoms with Crippen LogP contribution in [0.15, 0.2) is 22.7 Å². The first-order valence-electron chi connectivity index (χ1n) is 5.69. The normalized spacial score (nSPS) is 12.5. The first-order chi connectivity index (χ1) is 8.10. The zero-order chi connectivity index (χ0) is 12.8. The summed E-state index contributed by atoms with van der Waals surface area (Å²) < 4.78 is 19.9. The lowest BCUT2D eigenvalue weighted by molar-refractivity contribution is -0.130. The number of halogens is 2. The van der Waals surface area contributed by atoms with Crippen molar-refractivity contribution < 1.29 is 13.9 Å². The van der Waals surface area contributed by atoms with Crippen LogP contribution < -0.4 is 0 Å². The maximum absolute atomic E-state index is 13.8. The van der Waals surface area contributed by atoms with E-state index >= 15 is 0 Å². The van der Waals surface area contributed by atoms with Crippen molar-refractivity contribution in [3.8, 4) is 0 Å². The zero-order valence-electron chi connectivity index (χ0n) is 10.0. The van der Waals surface area contributed by atoms with Gasteiger partial charge in [-0.3, -0.25) is 4.79 Å². The van der Waals surface area contributed by atoms with Crippen molar-refractivity contribution in [2.75, 3.05) is 6.61 Å². The van der Waals surface area contributed by atoms with Gasteiger partial charge in [-0.15, -0.1) is 0 Å². The van der Waals surface area contributed by atoms with Crippen LogP contribution in [0.2, 0.25) is 0 Å². The molecule has 1 aromatic rings. The Kier molecular flexibility index (Phi) is 5.78. The Hall–Kier alpha value is -0.740. The SMILES string of the molecule is CCCOC(C(=O)CC)c1ccc(Br)cc1F. The molecule has 0 spiro atoms. The molecule has 2 nitrogen and oxygen atoms in total. The number of benzene rings is 1. The third-order valence-corrected chi connectivity index (χ3v) is 2.87. The average Bonchev–Trinajstić information content (AvgIpc) is 2.31. The number of ketones is 1. The molecule has 0 aliphatic rings. The van der Waals surface area contributed by atoms with E-state index in [0.717, 1.165) is 6.42 Å². The van der Waals surface area contributed by atoms with E-state index in [0.29, 0.717) is 23.1 Å². The Bertz CT molecular complexity index is 393. The minimum absolute atomic E-state index is 0.0975. The molecule has 0 saturated heterocycles. The van der Waals surface area contributed by atoms with Crippen LogP contribution in [-0.2, 0) is 9.53 Å². The second-order valence-electron chi connectivity index (χ2n) is 3.74. The fourth-order valence-corrected chi connectivity index (χ4v) is 1.82. The van der Waals surface area contributed by atoms with E-state index in [1.165, 1.54) is 6.07 Å². The van der Waals surface area contributed by atoms with Crippen LogP contribution in [0.25, 0.3) is 0 Å². The van der Waals surface area contributed by atoms with Crippen LogP contribution in [0.5, 0.6) is 0 Å². The molecule has 17 heavy (non-hydrogen) atoms. The Morgan fingerprint density at radius 1 is 1.47 bits per heavy atom. The molecule has 1 rings (SSSR count). The minimum Gasteiger partial charge on any atom is -0.366 e. The molecule has 1 aromatic carbocycles. The summed E-state index contributed by atoms with van der Waals surface area (Å²) in [5, 5.41) is 0. The standard InChI is InChI=1S/C13H16BrFO2/c1-3-7-17-13(12(16)4-2)10-6-5-9(14)8-11(10)15/h5-6,8,13H,3-4,7H2,1-2H3. The number of carbonyl (C=O) groups is 1. The third-order valence-electron chi connectivity index (χ3n) is 2.37. The van der Waals surface area contributed by atoms with Crippen LogP contribution in [-0.4, -0.2) is 12.4 Å². The Balaban J connectivity index is 2.99. The molecule has 0 aliphatic heterocycles. The number of hydrogen-bond donors (Lipinski definition) is 0. The van der Waals surface area contributed by atoms with Crippen molar-refractivity contribution in [2.45, 2.75) is 32.8 Å². The molecule has 0 N–H and O–H groups in total. The van der Waals surface area contributed by atoms with Gasteiger partial charge in [0.05, 0.1) is 0 Å². The lowest BCUT2D eigenvalue weighted by Gasteiger charge is -2.17. The second kappa shape index (κ2) is 6.87. The Morgan fingerprint density at radius 2 is 2.18 bits per heavy atom. The highest BCUT2D eigenvalue weighted by Crippen LogP contribution is 2.25. The van der Waals surface area contributed by atoms with E-state index in [1.807, 2.05) is 6.92 Å². The Labute approximate surface area is 109 Å². The molecule has 0 radical (unpaired) electrons. The molecule has 4 heteroatoms. The van der Waals surface area contributed by atoms with E-state index < -0.39 is 11.9 Å². The van der Waals surface area contributed by atoms with E-state index in [9.17, 15) is 9.18 Å². The Morgan fingerprint density at radius 3 is 2.71 bits per heavy atom.